The normalized spacial score (nSPS) is 22.6. The molecule has 0 aromatic carbocycles. The van der Waals surface area contributed by atoms with Gasteiger partial charge in [0.25, 0.3) is 0 Å². The fraction of sp³-hybridized carbons (Fsp3) is 0.643. The van der Waals surface area contributed by atoms with Crippen molar-refractivity contribution in [3.63, 3.8) is 0 Å². The molecular formula is C14H22N2. The van der Waals surface area contributed by atoms with Crippen molar-refractivity contribution in [1.82, 2.24) is 9.88 Å². The number of hydrogen-bond acceptors (Lipinski definition) is 2. The Morgan fingerprint density at radius 1 is 1.50 bits per heavy atom. The van der Waals surface area contributed by atoms with Gasteiger partial charge >= 0.3 is 0 Å². The SMILES string of the molecule is CCC(C)(C)N1CCCC1c1cccnc1. The number of nitrogens with zero attached hydrogens (tertiary/aromatic N) is 2. The molecule has 1 atom stereocenters. The van der Waals surface area contributed by atoms with Gasteiger partial charge in [0.05, 0.1) is 0 Å². The average Bonchev–Trinajstić information content (AvgIpc) is 2.80. The molecule has 2 heterocycles. The Kier molecular flexibility index (Phi) is 3.29. The summed E-state index contributed by atoms with van der Waals surface area (Å²) in [4.78, 5) is 6.89. The van der Waals surface area contributed by atoms with Gasteiger partial charge in [0.2, 0.25) is 0 Å². The van der Waals surface area contributed by atoms with Crippen LogP contribution >= 0.6 is 0 Å². The minimum absolute atomic E-state index is 0.303. The Bertz CT molecular complexity index is 332. The Labute approximate surface area is 98.7 Å². The van der Waals surface area contributed by atoms with Crippen LogP contribution in [0.4, 0.5) is 0 Å². The summed E-state index contributed by atoms with van der Waals surface area (Å²) in [7, 11) is 0. The van der Waals surface area contributed by atoms with Crippen molar-refractivity contribution in [2.24, 2.45) is 0 Å². The monoisotopic (exact) mass is 218 g/mol. The van der Waals surface area contributed by atoms with Gasteiger partial charge in [0.15, 0.2) is 0 Å². The molecule has 2 heteroatoms. The molecule has 1 fully saturated rings. The molecule has 2 rings (SSSR count). The van der Waals surface area contributed by atoms with Gasteiger partial charge in [-0.1, -0.05) is 13.0 Å². The lowest BCUT2D eigenvalue weighted by atomic mass is 9.96. The van der Waals surface area contributed by atoms with E-state index >= 15 is 0 Å². The van der Waals surface area contributed by atoms with Crippen LogP contribution in [0.3, 0.4) is 0 Å². The maximum atomic E-state index is 4.24. The summed E-state index contributed by atoms with van der Waals surface area (Å²) in [5.41, 5.74) is 1.68. The van der Waals surface area contributed by atoms with Crippen LogP contribution < -0.4 is 0 Å². The first kappa shape index (κ1) is 11.6. The van der Waals surface area contributed by atoms with E-state index in [1.54, 1.807) is 0 Å². The second-order valence-corrected chi connectivity index (χ2v) is 5.30. The maximum absolute atomic E-state index is 4.24. The fourth-order valence-electron chi connectivity index (χ4n) is 2.61. The van der Waals surface area contributed by atoms with Crippen LogP contribution in [0, 0.1) is 0 Å². The molecule has 16 heavy (non-hydrogen) atoms. The Morgan fingerprint density at radius 2 is 2.31 bits per heavy atom. The Hall–Kier alpha value is -0.890. The van der Waals surface area contributed by atoms with E-state index in [-0.39, 0.29) is 0 Å². The topological polar surface area (TPSA) is 16.1 Å². The van der Waals surface area contributed by atoms with E-state index in [0.29, 0.717) is 11.6 Å². The van der Waals surface area contributed by atoms with Gasteiger partial charge in [-0.05, 0) is 51.3 Å². The van der Waals surface area contributed by atoms with Gasteiger partial charge in [0, 0.05) is 24.0 Å². The Balaban J connectivity index is 2.22. The molecule has 1 saturated heterocycles. The van der Waals surface area contributed by atoms with Gasteiger partial charge in [-0.2, -0.15) is 0 Å². The van der Waals surface area contributed by atoms with Crippen LogP contribution in [0.5, 0.6) is 0 Å². The van der Waals surface area contributed by atoms with Crippen LogP contribution in [0.1, 0.15) is 51.6 Å². The van der Waals surface area contributed by atoms with Crippen molar-refractivity contribution in [1.29, 1.82) is 0 Å². The molecule has 1 aliphatic rings. The van der Waals surface area contributed by atoms with E-state index in [2.05, 4.69) is 36.7 Å². The zero-order chi connectivity index (χ0) is 11.6. The van der Waals surface area contributed by atoms with E-state index in [9.17, 15) is 0 Å². The third kappa shape index (κ3) is 2.12. The molecule has 0 saturated carbocycles. The third-order valence-corrected chi connectivity index (χ3v) is 3.96. The molecule has 0 N–H and O–H groups in total. The molecule has 0 spiro atoms. The first-order valence-corrected chi connectivity index (χ1v) is 6.32. The van der Waals surface area contributed by atoms with Crippen LogP contribution in [0.15, 0.2) is 24.5 Å². The van der Waals surface area contributed by atoms with Crippen molar-refractivity contribution in [3.05, 3.63) is 30.1 Å². The number of pyridine rings is 1. The molecule has 1 aromatic rings. The molecule has 0 aliphatic carbocycles. The van der Waals surface area contributed by atoms with Crippen LogP contribution in [-0.2, 0) is 0 Å². The van der Waals surface area contributed by atoms with E-state index in [0.717, 1.165) is 0 Å². The fourth-order valence-corrected chi connectivity index (χ4v) is 2.61. The van der Waals surface area contributed by atoms with E-state index in [1.807, 2.05) is 18.5 Å². The first-order valence-electron chi connectivity index (χ1n) is 6.32. The highest BCUT2D eigenvalue weighted by molar-refractivity contribution is 5.16. The number of aromatic nitrogens is 1. The smallest absolute Gasteiger partial charge is 0.0369 e. The van der Waals surface area contributed by atoms with E-state index in [4.69, 9.17) is 0 Å². The summed E-state index contributed by atoms with van der Waals surface area (Å²) in [6.45, 7) is 8.20. The Morgan fingerprint density at radius 3 is 2.94 bits per heavy atom. The first-order chi connectivity index (χ1) is 7.65. The third-order valence-electron chi connectivity index (χ3n) is 3.96. The van der Waals surface area contributed by atoms with Crippen molar-refractivity contribution in [3.8, 4) is 0 Å². The predicted molar refractivity (Wildman–Crippen MR) is 67.3 cm³/mol. The molecule has 1 aliphatic heterocycles. The zero-order valence-electron chi connectivity index (χ0n) is 10.6. The highest BCUT2D eigenvalue weighted by atomic mass is 15.2. The summed E-state index contributed by atoms with van der Waals surface area (Å²) in [5.74, 6) is 0. The highest BCUT2D eigenvalue weighted by Crippen LogP contribution is 2.38. The molecular weight excluding hydrogens is 196 g/mol. The minimum Gasteiger partial charge on any atom is -0.291 e. The average molecular weight is 218 g/mol. The summed E-state index contributed by atoms with van der Waals surface area (Å²) in [6.07, 6.45) is 7.66. The van der Waals surface area contributed by atoms with Crippen molar-refractivity contribution in [2.45, 2.75) is 51.6 Å². The van der Waals surface area contributed by atoms with Crippen LogP contribution in [0.2, 0.25) is 0 Å². The molecule has 1 aromatic heterocycles. The molecule has 0 bridgehead atoms. The lowest BCUT2D eigenvalue weighted by molar-refractivity contribution is 0.101. The van der Waals surface area contributed by atoms with Crippen LogP contribution in [-0.4, -0.2) is 22.0 Å². The zero-order valence-corrected chi connectivity index (χ0v) is 10.6. The lowest BCUT2D eigenvalue weighted by Gasteiger charge is -2.39. The molecule has 88 valence electrons. The summed E-state index contributed by atoms with van der Waals surface area (Å²) in [6, 6.07) is 4.83. The highest BCUT2D eigenvalue weighted by Gasteiger charge is 2.35. The summed E-state index contributed by atoms with van der Waals surface area (Å²) < 4.78 is 0. The summed E-state index contributed by atoms with van der Waals surface area (Å²) in [5, 5.41) is 0. The standard InChI is InChI=1S/C14H22N2/c1-4-14(2,3)16-10-6-8-13(16)12-7-5-9-15-11-12/h5,7,9,11,13H,4,6,8,10H2,1-3H3. The van der Waals surface area contributed by atoms with Crippen molar-refractivity contribution >= 4 is 0 Å². The molecule has 0 radical (unpaired) electrons. The lowest BCUT2D eigenvalue weighted by Crippen LogP contribution is -2.42. The van der Waals surface area contributed by atoms with Gasteiger partial charge in [0.1, 0.15) is 0 Å². The number of hydrogen-bond donors (Lipinski definition) is 0. The van der Waals surface area contributed by atoms with Crippen LogP contribution in [0.25, 0.3) is 0 Å². The van der Waals surface area contributed by atoms with Gasteiger partial charge < -0.3 is 0 Å². The number of rotatable bonds is 3. The number of likely N-dealkylation sites (tertiary alicyclic amines) is 1. The van der Waals surface area contributed by atoms with E-state index < -0.39 is 0 Å². The van der Waals surface area contributed by atoms with Gasteiger partial charge in [-0.25, -0.2) is 0 Å². The van der Waals surface area contributed by atoms with Crippen molar-refractivity contribution in [2.75, 3.05) is 6.54 Å². The minimum atomic E-state index is 0.303. The maximum Gasteiger partial charge on any atom is 0.0369 e. The van der Waals surface area contributed by atoms with Gasteiger partial charge in [-0.15, -0.1) is 0 Å². The molecule has 0 amide bonds. The van der Waals surface area contributed by atoms with Gasteiger partial charge in [-0.3, -0.25) is 9.88 Å². The summed E-state index contributed by atoms with van der Waals surface area (Å²) >= 11 is 0. The molecule has 2 nitrogen and oxygen atoms in total. The predicted octanol–water partition coefficient (Wildman–Crippen LogP) is 3.41. The van der Waals surface area contributed by atoms with Crippen molar-refractivity contribution < 1.29 is 0 Å². The second kappa shape index (κ2) is 4.54. The largest absolute Gasteiger partial charge is 0.291 e. The molecule has 1 unspecified atom stereocenters. The van der Waals surface area contributed by atoms with E-state index in [1.165, 1.54) is 31.4 Å². The second-order valence-electron chi connectivity index (χ2n) is 5.30. The quantitative estimate of drug-likeness (QED) is 0.773.